The highest BCUT2D eigenvalue weighted by Crippen LogP contribution is 2.43. The molecular formula is C27H23F3N6O3. The Morgan fingerprint density at radius 1 is 1.13 bits per heavy atom. The van der Waals surface area contributed by atoms with Crippen molar-refractivity contribution >= 4 is 34.4 Å². The van der Waals surface area contributed by atoms with E-state index in [0.29, 0.717) is 16.8 Å². The van der Waals surface area contributed by atoms with E-state index >= 15 is 8.78 Å². The zero-order valence-electron chi connectivity index (χ0n) is 21.4. The fraction of sp³-hybridized carbons (Fsp3) is 0.185. The molecule has 3 aromatic rings. The molecule has 1 aliphatic rings. The smallest absolute Gasteiger partial charge is 0.334 e. The fourth-order valence-electron chi connectivity index (χ4n) is 4.23. The third-order valence-electron chi connectivity index (χ3n) is 6.01. The van der Waals surface area contributed by atoms with E-state index in [4.69, 9.17) is 14.9 Å². The van der Waals surface area contributed by atoms with Crippen LogP contribution in [0.5, 0.6) is 11.5 Å². The average molecular weight is 537 g/mol. The van der Waals surface area contributed by atoms with Gasteiger partial charge in [-0.3, -0.25) is 14.8 Å². The Morgan fingerprint density at radius 2 is 1.79 bits per heavy atom. The number of hydrogen-bond donors (Lipinski definition) is 2. The number of aromatic nitrogens is 1. The molecule has 4 rings (SSSR count). The Balaban J connectivity index is 2.00. The Morgan fingerprint density at radius 3 is 2.36 bits per heavy atom. The van der Waals surface area contributed by atoms with E-state index in [1.165, 1.54) is 32.5 Å². The van der Waals surface area contributed by atoms with E-state index in [-0.39, 0.29) is 40.7 Å². The average Bonchev–Trinajstić information content (AvgIpc) is 2.91. The second kappa shape index (κ2) is 10.7. The molecule has 0 radical (unpaired) electrons. The number of carbonyl (C=O) groups is 1. The van der Waals surface area contributed by atoms with Crippen molar-refractivity contribution in [3.63, 3.8) is 0 Å². The lowest BCUT2D eigenvalue weighted by atomic mass is 10.0. The van der Waals surface area contributed by atoms with Gasteiger partial charge < -0.3 is 20.2 Å². The van der Waals surface area contributed by atoms with E-state index in [0.717, 1.165) is 28.0 Å². The number of ether oxygens (including phenoxy) is 2. The highest BCUT2D eigenvalue weighted by atomic mass is 19.1. The van der Waals surface area contributed by atoms with E-state index in [9.17, 15) is 14.4 Å². The monoisotopic (exact) mass is 536 g/mol. The van der Waals surface area contributed by atoms with Crippen molar-refractivity contribution in [1.29, 1.82) is 10.7 Å². The second-order valence-electron chi connectivity index (χ2n) is 8.44. The van der Waals surface area contributed by atoms with Crippen molar-refractivity contribution in [2.45, 2.75) is 13.5 Å². The number of carbonyl (C=O) groups excluding carboxylic acids is 1. The minimum atomic E-state index is -1.15. The number of amides is 2. The van der Waals surface area contributed by atoms with Crippen LogP contribution in [0.2, 0.25) is 0 Å². The number of pyridine rings is 1. The summed E-state index contributed by atoms with van der Waals surface area (Å²) in [5, 5.41) is 20.3. The molecule has 0 atom stereocenters. The van der Waals surface area contributed by atoms with Gasteiger partial charge in [0, 0.05) is 42.4 Å². The highest BCUT2D eigenvalue weighted by Gasteiger charge is 2.38. The van der Waals surface area contributed by atoms with Gasteiger partial charge >= 0.3 is 6.03 Å². The van der Waals surface area contributed by atoms with Crippen molar-refractivity contribution < 1.29 is 27.4 Å². The molecule has 2 N–H and O–H groups in total. The molecular weight excluding hydrogens is 513 g/mol. The van der Waals surface area contributed by atoms with Gasteiger partial charge in [0.15, 0.2) is 23.1 Å². The van der Waals surface area contributed by atoms with Gasteiger partial charge in [0.25, 0.3) is 0 Å². The van der Waals surface area contributed by atoms with Crippen LogP contribution in [0, 0.1) is 34.2 Å². The van der Waals surface area contributed by atoms with Crippen LogP contribution in [-0.4, -0.2) is 38.0 Å². The lowest BCUT2D eigenvalue weighted by molar-refractivity contribution is 0.251. The number of nitrogens with one attached hydrogen (secondary N) is 2. The van der Waals surface area contributed by atoms with Crippen LogP contribution in [0.3, 0.4) is 0 Å². The van der Waals surface area contributed by atoms with Crippen LogP contribution in [0.1, 0.15) is 23.7 Å². The van der Waals surface area contributed by atoms with Gasteiger partial charge in [0.2, 0.25) is 0 Å². The number of urea groups is 1. The van der Waals surface area contributed by atoms with Gasteiger partial charge in [-0.1, -0.05) is 0 Å². The zero-order chi connectivity index (χ0) is 28.4. The molecule has 2 heterocycles. The van der Waals surface area contributed by atoms with Gasteiger partial charge in [-0.05, 0) is 31.2 Å². The first-order valence-corrected chi connectivity index (χ1v) is 11.5. The van der Waals surface area contributed by atoms with Crippen LogP contribution >= 0.6 is 0 Å². The molecule has 0 bridgehead atoms. The number of halogens is 3. The third-order valence-corrected chi connectivity index (χ3v) is 6.01. The molecule has 0 unspecified atom stereocenters. The van der Waals surface area contributed by atoms with Crippen molar-refractivity contribution in [3.05, 3.63) is 77.0 Å². The summed E-state index contributed by atoms with van der Waals surface area (Å²) in [7, 11) is 4.02. The minimum absolute atomic E-state index is 0.0546. The number of rotatable bonds is 7. The molecule has 12 heteroatoms. The van der Waals surface area contributed by atoms with Gasteiger partial charge in [0.05, 0.1) is 49.5 Å². The maximum atomic E-state index is 15.5. The first-order valence-electron chi connectivity index (χ1n) is 11.5. The summed E-state index contributed by atoms with van der Waals surface area (Å²) in [4.78, 5) is 20.2. The maximum Gasteiger partial charge on any atom is 0.334 e. The van der Waals surface area contributed by atoms with Crippen molar-refractivity contribution in [2.24, 2.45) is 0 Å². The van der Waals surface area contributed by atoms with Gasteiger partial charge in [-0.2, -0.15) is 5.26 Å². The highest BCUT2D eigenvalue weighted by molar-refractivity contribution is 6.21. The number of anilines is 3. The molecule has 9 nitrogen and oxygen atoms in total. The number of allylic oxidation sites excluding steroid dienone is 1. The molecule has 39 heavy (non-hydrogen) atoms. The number of methoxy groups -OCH3 is 2. The molecule has 0 aliphatic carbocycles. The van der Waals surface area contributed by atoms with Crippen molar-refractivity contribution in [1.82, 2.24) is 10.3 Å². The Kier molecular flexibility index (Phi) is 7.44. The maximum absolute atomic E-state index is 15.5. The second-order valence-corrected chi connectivity index (χ2v) is 8.44. The van der Waals surface area contributed by atoms with E-state index in [1.807, 2.05) is 6.07 Å². The molecule has 200 valence electrons. The van der Waals surface area contributed by atoms with Crippen molar-refractivity contribution in [2.75, 3.05) is 31.1 Å². The summed E-state index contributed by atoms with van der Waals surface area (Å²) >= 11 is 0. The SMILES string of the molecule is CN/C=C(\C(C)=N)c1cc2c(cn1)CN(c1c(F)c(OC)cc(OC)c1F)C(=O)N2c1cc(F)cc(C#N)c1. The number of fused-ring (bicyclic) bond motifs is 1. The van der Waals surface area contributed by atoms with Crippen LogP contribution in [-0.2, 0) is 6.54 Å². The molecule has 0 saturated carbocycles. The topological polar surface area (TPSA) is 115 Å². The predicted molar refractivity (Wildman–Crippen MR) is 139 cm³/mol. The first-order chi connectivity index (χ1) is 18.6. The molecule has 1 aromatic heterocycles. The Bertz CT molecular complexity index is 1540. The predicted octanol–water partition coefficient (Wildman–Crippen LogP) is 5.27. The zero-order valence-corrected chi connectivity index (χ0v) is 21.4. The molecule has 2 amide bonds. The van der Waals surface area contributed by atoms with Crippen molar-refractivity contribution in [3.8, 4) is 17.6 Å². The standard InChI is InChI=1S/C27H23F3N6O3/c1-14(32)19(12-33-2)20-8-21-16(11-34-20)13-35(26-24(29)22(38-3)9-23(39-4)25(26)30)27(37)36(21)18-6-15(10-31)5-17(28)7-18/h5-9,11-12,32-33H,13H2,1-4H3/b19-12+,32-14?. The molecule has 1 aliphatic heterocycles. The van der Waals surface area contributed by atoms with Crippen LogP contribution in [0.4, 0.5) is 35.0 Å². The number of benzene rings is 2. The van der Waals surface area contributed by atoms with Crippen LogP contribution in [0.15, 0.2) is 42.7 Å². The molecule has 0 saturated heterocycles. The first kappa shape index (κ1) is 27.0. The Hall–Kier alpha value is -5.05. The van der Waals surface area contributed by atoms with E-state index in [1.54, 1.807) is 20.2 Å². The van der Waals surface area contributed by atoms with Gasteiger partial charge in [0.1, 0.15) is 11.5 Å². The van der Waals surface area contributed by atoms with Gasteiger partial charge in [-0.25, -0.2) is 18.0 Å². The number of hydrogen-bond acceptors (Lipinski definition) is 7. The fourth-order valence-corrected chi connectivity index (χ4v) is 4.23. The Labute approximate surface area is 222 Å². The normalized spacial score (nSPS) is 13.1. The summed E-state index contributed by atoms with van der Waals surface area (Å²) in [6, 6.07) is 6.73. The summed E-state index contributed by atoms with van der Waals surface area (Å²) in [6.45, 7) is 1.25. The molecule has 2 aromatic carbocycles. The third kappa shape index (κ3) is 4.82. The summed E-state index contributed by atoms with van der Waals surface area (Å²) in [5.74, 6) is -3.80. The van der Waals surface area contributed by atoms with Crippen LogP contribution in [0.25, 0.3) is 5.57 Å². The van der Waals surface area contributed by atoms with Crippen LogP contribution < -0.4 is 24.6 Å². The lowest BCUT2D eigenvalue weighted by Gasteiger charge is -2.37. The lowest BCUT2D eigenvalue weighted by Crippen LogP contribution is -2.46. The molecule has 0 spiro atoms. The quantitative estimate of drug-likeness (QED) is 0.398. The van der Waals surface area contributed by atoms with E-state index in [2.05, 4.69) is 10.3 Å². The minimum Gasteiger partial charge on any atom is -0.493 e. The number of nitriles is 1. The van der Waals surface area contributed by atoms with Gasteiger partial charge in [-0.15, -0.1) is 0 Å². The summed E-state index contributed by atoms with van der Waals surface area (Å²) in [6.07, 6.45) is 2.96. The molecule has 0 fully saturated rings. The summed E-state index contributed by atoms with van der Waals surface area (Å²) < 4.78 is 55.5. The largest absolute Gasteiger partial charge is 0.493 e. The summed E-state index contributed by atoms with van der Waals surface area (Å²) in [5.41, 5.74) is 0.637. The number of nitrogens with zero attached hydrogens (tertiary/aromatic N) is 4. The van der Waals surface area contributed by atoms with E-state index < -0.39 is 29.2 Å².